The minimum absolute atomic E-state index is 0. The van der Waals surface area contributed by atoms with Crippen LogP contribution in [0.3, 0.4) is 0 Å². The van der Waals surface area contributed by atoms with Gasteiger partial charge in [-0.1, -0.05) is 25.1 Å². The van der Waals surface area contributed by atoms with Crippen LogP contribution in [0.2, 0.25) is 0 Å². The topological polar surface area (TPSA) is 65.5 Å². The van der Waals surface area contributed by atoms with Gasteiger partial charge >= 0.3 is 0 Å². The first kappa shape index (κ1) is 20.7. The van der Waals surface area contributed by atoms with Crippen LogP contribution in [0.5, 0.6) is 0 Å². The van der Waals surface area contributed by atoms with Crippen molar-refractivity contribution in [1.82, 2.24) is 10.6 Å². The van der Waals surface area contributed by atoms with E-state index in [1.807, 2.05) is 29.5 Å². The number of amides is 1. The summed E-state index contributed by atoms with van der Waals surface area (Å²) in [7, 11) is 1.77. The molecule has 1 aliphatic rings. The maximum Gasteiger partial charge on any atom is 0.225 e. The van der Waals surface area contributed by atoms with E-state index in [0.29, 0.717) is 13.0 Å². The predicted molar refractivity (Wildman–Crippen MR) is 120 cm³/mol. The molecule has 0 saturated carbocycles. The van der Waals surface area contributed by atoms with E-state index in [1.165, 1.54) is 15.3 Å². The second-order valence-corrected chi connectivity index (χ2v) is 7.32. The molecule has 26 heavy (non-hydrogen) atoms. The number of benzene rings is 1. The van der Waals surface area contributed by atoms with E-state index < -0.39 is 0 Å². The van der Waals surface area contributed by atoms with Crippen LogP contribution in [0.1, 0.15) is 34.6 Å². The molecule has 1 aromatic heterocycles. The first-order valence-corrected chi connectivity index (χ1v) is 9.42. The number of hydrogen-bond acceptors (Lipinski definition) is 3. The largest absolute Gasteiger partial charge is 0.356 e. The Morgan fingerprint density at radius 2 is 2.00 bits per heavy atom. The van der Waals surface area contributed by atoms with E-state index in [4.69, 9.17) is 0 Å². The molecule has 0 saturated heterocycles. The van der Waals surface area contributed by atoms with Gasteiger partial charge in [-0.3, -0.25) is 9.79 Å². The number of guanidine groups is 1. The predicted octanol–water partition coefficient (Wildman–Crippen LogP) is 3.72. The van der Waals surface area contributed by atoms with E-state index in [2.05, 4.69) is 46.1 Å². The molecule has 2 heterocycles. The van der Waals surface area contributed by atoms with Crippen molar-refractivity contribution in [2.45, 2.75) is 32.2 Å². The number of aliphatic imine (C=N–C) groups is 1. The van der Waals surface area contributed by atoms with Crippen LogP contribution < -0.4 is 16.0 Å². The maximum absolute atomic E-state index is 11.9. The molecule has 0 bridgehead atoms. The van der Waals surface area contributed by atoms with E-state index in [-0.39, 0.29) is 35.8 Å². The Bertz CT molecular complexity index is 774. The van der Waals surface area contributed by atoms with Crippen molar-refractivity contribution in [3.8, 4) is 0 Å². The molecule has 3 rings (SSSR count). The Balaban J connectivity index is 0.00000243. The first-order chi connectivity index (χ1) is 12.2. The molecule has 7 heteroatoms. The van der Waals surface area contributed by atoms with Gasteiger partial charge < -0.3 is 16.0 Å². The van der Waals surface area contributed by atoms with Gasteiger partial charge in [0.25, 0.3) is 0 Å². The van der Waals surface area contributed by atoms with Crippen LogP contribution in [-0.2, 0) is 17.8 Å². The number of carbonyl (C=O) groups excluding carboxylic acids is 1. The molecule has 0 spiro atoms. The number of nitrogens with zero attached hydrogens (tertiary/aromatic N) is 1. The highest BCUT2D eigenvalue weighted by Gasteiger charge is 2.24. The zero-order valence-corrected chi connectivity index (χ0v) is 18.2. The number of carbonyl (C=O) groups is 1. The molecular weight excluding hydrogens is 459 g/mol. The molecule has 5 nitrogen and oxygen atoms in total. The highest BCUT2D eigenvalue weighted by atomic mass is 127. The summed E-state index contributed by atoms with van der Waals surface area (Å²) >= 11 is 1.82. The Labute approximate surface area is 175 Å². The van der Waals surface area contributed by atoms with Crippen molar-refractivity contribution >= 4 is 52.9 Å². The molecule has 3 N–H and O–H groups in total. The average molecular weight is 484 g/mol. The van der Waals surface area contributed by atoms with Crippen molar-refractivity contribution in [2.24, 2.45) is 4.99 Å². The lowest BCUT2D eigenvalue weighted by Gasteiger charge is -2.26. The third-order valence-corrected chi connectivity index (χ3v) is 5.57. The highest BCUT2D eigenvalue weighted by Crippen LogP contribution is 2.31. The summed E-state index contributed by atoms with van der Waals surface area (Å²) in [6, 6.07) is 12.3. The van der Waals surface area contributed by atoms with Crippen LogP contribution in [-0.4, -0.2) is 25.5 Å². The number of rotatable bonds is 5. The average Bonchev–Trinajstić information content (AvgIpc) is 3.09. The molecule has 1 unspecified atom stereocenters. The van der Waals surface area contributed by atoms with Gasteiger partial charge in [0, 0.05) is 41.4 Å². The lowest BCUT2D eigenvalue weighted by molar-refractivity contribution is -0.116. The lowest BCUT2D eigenvalue weighted by atomic mass is 9.90. The third-order valence-electron chi connectivity index (χ3n) is 4.34. The zero-order chi connectivity index (χ0) is 17.6. The van der Waals surface area contributed by atoms with Crippen LogP contribution in [0.4, 0.5) is 5.69 Å². The number of thiophene rings is 1. The molecule has 0 radical (unpaired) electrons. The fourth-order valence-corrected chi connectivity index (χ4v) is 3.90. The molecule has 1 amide bonds. The van der Waals surface area contributed by atoms with Gasteiger partial charge in [-0.15, -0.1) is 35.3 Å². The standard InChI is InChI=1S/C19H24N4OS.HI/c1-3-14-8-9-15(25-14)12-22-19(20-2)21-11-13-10-18(24)23-17-7-5-4-6-16(13)17;/h4-9,13H,3,10-12H2,1-2H3,(H,23,24)(H2,20,21,22);1H. The number of fused-ring (bicyclic) bond motifs is 1. The van der Waals surface area contributed by atoms with Gasteiger partial charge in [-0.2, -0.15) is 0 Å². The summed E-state index contributed by atoms with van der Waals surface area (Å²) in [5.41, 5.74) is 2.09. The number of hydrogen-bond donors (Lipinski definition) is 3. The Hall–Kier alpha value is -1.61. The van der Waals surface area contributed by atoms with Gasteiger partial charge in [-0.25, -0.2) is 0 Å². The fourth-order valence-electron chi connectivity index (χ4n) is 3.00. The molecule has 2 aromatic rings. The van der Waals surface area contributed by atoms with E-state index in [0.717, 1.165) is 24.6 Å². The summed E-state index contributed by atoms with van der Waals surface area (Å²) in [5, 5.41) is 9.64. The number of anilines is 1. The number of para-hydroxylation sites is 1. The second-order valence-electron chi connectivity index (χ2n) is 6.06. The van der Waals surface area contributed by atoms with Gasteiger partial charge in [0.15, 0.2) is 5.96 Å². The molecule has 1 aliphatic heterocycles. The SMILES string of the molecule is CCc1ccc(CNC(=NC)NCC2CC(=O)Nc3ccccc32)s1.I. The van der Waals surface area contributed by atoms with Crippen molar-refractivity contribution in [2.75, 3.05) is 18.9 Å². The summed E-state index contributed by atoms with van der Waals surface area (Å²) in [6.45, 7) is 3.60. The summed E-state index contributed by atoms with van der Waals surface area (Å²) in [6.07, 6.45) is 1.56. The number of nitrogens with one attached hydrogen (secondary N) is 3. The van der Waals surface area contributed by atoms with E-state index in [9.17, 15) is 4.79 Å². The van der Waals surface area contributed by atoms with Gasteiger partial charge in [0.2, 0.25) is 5.91 Å². The molecular formula is C19H25IN4OS. The van der Waals surface area contributed by atoms with Crippen molar-refractivity contribution in [3.05, 3.63) is 51.7 Å². The maximum atomic E-state index is 11.9. The summed E-state index contributed by atoms with van der Waals surface area (Å²) < 4.78 is 0. The molecule has 1 atom stereocenters. The summed E-state index contributed by atoms with van der Waals surface area (Å²) in [4.78, 5) is 18.9. The first-order valence-electron chi connectivity index (χ1n) is 8.60. The monoisotopic (exact) mass is 484 g/mol. The van der Waals surface area contributed by atoms with Crippen LogP contribution >= 0.6 is 35.3 Å². The van der Waals surface area contributed by atoms with E-state index in [1.54, 1.807) is 7.05 Å². The highest BCUT2D eigenvalue weighted by molar-refractivity contribution is 14.0. The van der Waals surface area contributed by atoms with E-state index >= 15 is 0 Å². The Morgan fingerprint density at radius 3 is 2.73 bits per heavy atom. The molecule has 1 aromatic carbocycles. The normalized spacial score (nSPS) is 16.3. The molecule has 0 fully saturated rings. The van der Waals surface area contributed by atoms with Gasteiger partial charge in [0.1, 0.15) is 0 Å². The second kappa shape index (κ2) is 9.91. The van der Waals surface area contributed by atoms with Gasteiger partial charge in [-0.05, 0) is 30.2 Å². The number of aryl methyl sites for hydroxylation is 1. The fraction of sp³-hybridized carbons (Fsp3) is 0.368. The van der Waals surface area contributed by atoms with Crippen LogP contribution in [0.15, 0.2) is 41.4 Å². The van der Waals surface area contributed by atoms with Crippen molar-refractivity contribution < 1.29 is 4.79 Å². The zero-order valence-electron chi connectivity index (χ0n) is 15.0. The minimum Gasteiger partial charge on any atom is -0.356 e. The lowest BCUT2D eigenvalue weighted by Crippen LogP contribution is -2.40. The molecule has 140 valence electrons. The Morgan fingerprint density at radius 1 is 1.23 bits per heavy atom. The van der Waals surface area contributed by atoms with Crippen molar-refractivity contribution in [3.63, 3.8) is 0 Å². The number of halogens is 1. The minimum atomic E-state index is 0. The molecule has 0 aliphatic carbocycles. The summed E-state index contributed by atoms with van der Waals surface area (Å²) in [5.74, 6) is 0.978. The van der Waals surface area contributed by atoms with Gasteiger partial charge in [0.05, 0.1) is 6.54 Å². The van der Waals surface area contributed by atoms with Crippen LogP contribution in [0, 0.1) is 0 Å². The van der Waals surface area contributed by atoms with Crippen LogP contribution in [0.25, 0.3) is 0 Å². The smallest absolute Gasteiger partial charge is 0.225 e. The quantitative estimate of drug-likeness (QED) is 0.345. The Kier molecular flexibility index (Phi) is 7.89. The van der Waals surface area contributed by atoms with Crippen molar-refractivity contribution in [1.29, 1.82) is 0 Å². The third kappa shape index (κ3) is 5.20.